The molecule has 2 N–H and O–H groups in total. The molecule has 1 saturated carbocycles. The Kier molecular flexibility index (Phi) is 5.22. The summed E-state index contributed by atoms with van der Waals surface area (Å²) in [6.45, 7) is 3.38. The van der Waals surface area contributed by atoms with Crippen molar-refractivity contribution in [1.29, 1.82) is 0 Å². The molecular weight excluding hydrogens is 260 g/mol. The van der Waals surface area contributed by atoms with Gasteiger partial charge in [0, 0.05) is 17.5 Å². The van der Waals surface area contributed by atoms with E-state index in [-0.39, 0.29) is 18.2 Å². The monoisotopic (exact) mass is 282 g/mol. The summed E-state index contributed by atoms with van der Waals surface area (Å²) in [6.07, 6.45) is 3.17. The fourth-order valence-corrected chi connectivity index (χ4v) is 3.12. The molecule has 19 heavy (non-hydrogen) atoms. The van der Waals surface area contributed by atoms with E-state index >= 15 is 0 Å². The van der Waals surface area contributed by atoms with Gasteiger partial charge in [-0.15, -0.1) is 11.3 Å². The van der Waals surface area contributed by atoms with Crippen LogP contribution in [0.2, 0.25) is 0 Å². The molecule has 1 fully saturated rings. The predicted octanol–water partition coefficient (Wildman–Crippen LogP) is 2.58. The van der Waals surface area contributed by atoms with Crippen molar-refractivity contribution in [2.24, 2.45) is 0 Å². The first kappa shape index (κ1) is 14.3. The Hall–Kier alpha value is -1.07. The third-order valence-corrected chi connectivity index (χ3v) is 4.48. The number of aliphatic hydroxyl groups is 1. The number of nitrogens with one attached hydrogen (secondary N) is 1. The SMILES string of the molecule is CCN(Cc1cccs1)C(=O)NC1CCC(O)CC1. The van der Waals surface area contributed by atoms with Gasteiger partial charge >= 0.3 is 6.03 Å². The molecule has 5 heteroatoms. The van der Waals surface area contributed by atoms with Crippen LogP contribution in [0.4, 0.5) is 4.79 Å². The van der Waals surface area contributed by atoms with Crippen LogP contribution in [-0.2, 0) is 6.54 Å². The molecule has 0 saturated heterocycles. The van der Waals surface area contributed by atoms with E-state index in [1.807, 2.05) is 23.3 Å². The van der Waals surface area contributed by atoms with E-state index < -0.39 is 0 Å². The fraction of sp³-hybridized carbons (Fsp3) is 0.643. The smallest absolute Gasteiger partial charge is 0.317 e. The Morgan fingerprint density at radius 3 is 2.79 bits per heavy atom. The first-order chi connectivity index (χ1) is 9.19. The molecule has 1 aromatic heterocycles. The average Bonchev–Trinajstić information content (AvgIpc) is 2.91. The number of amides is 2. The van der Waals surface area contributed by atoms with E-state index in [9.17, 15) is 9.90 Å². The van der Waals surface area contributed by atoms with Crippen LogP contribution in [0.25, 0.3) is 0 Å². The van der Waals surface area contributed by atoms with E-state index in [1.165, 1.54) is 4.88 Å². The molecule has 0 atom stereocenters. The van der Waals surface area contributed by atoms with Crippen molar-refractivity contribution in [3.63, 3.8) is 0 Å². The molecule has 1 aromatic rings. The topological polar surface area (TPSA) is 52.6 Å². The zero-order valence-electron chi connectivity index (χ0n) is 11.3. The molecule has 1 aliphatic carbocycles. The van der Waals surface area contributed by atoms with Crippen LogP contribution in [-0.4, -0.2) is 34.7 Å². The molecule has 1 aliphatic rings. The Balaban J connectivity index is 1.83. The quantitative estimate of drug-likeness (QED) is 0.892. The van der Waals surface area contributed by atoms with Gasteiger partial charge in [-0.3, -0.25) is 0 Å². The lowest BCUT2D eigenvalue weighted by Crippen LogP contribution is -2.46. The van der Waals surface area contributed by atoms with Crippen LogP contribution >= 0.6 is 11.3 Å². The first-order valence-corrected chi connectivity index (χ1v) is 7.83. The molecule has 0 spiro atoms. The van der Waals surface area contributed by atoms with Gasteiger partial charge in [0.1, 0.15) is 0 Å². The Labute approximate surface area is 118 Å². The maximum absolute atomic E-state index is 12.2. The predicted molar refractivity (Wildman–Crippen MR) is 77.2 cm³/mol. The molecule has 0 aromatic carbocycles. The number of urea groups is 1. The second kappa shape index (κ2) is 6.91. The third-order valence-electron chi connectivity index (χ3n) is 3.62. The van der Waals surface area contributed by atoms with Crippen LogP contribution in [0.5, 0.6) is 0 Å². The normalized spacial score (nSPS) is 23.1. The molecule has 0 aliphatic heterocycles. The Morgan fingerprint density at radius 2 is 2.21 bits per heavy atom. The van der Waals surface area contributed by atoms with Gasteiger partial charge in [0.25, 0.3) is 0 Å². The molecule has 1 heterocycles. The summed E-state index contributed by atoms with van der Waals surface area (Å²) in [5.41, 5.74) is 0. The van der Waals surface area contributed by atoms with Gasteiger partial charge in [0.2, 0.25) is 0 Å². The molecule has 0 unspecified atom stereocenters. The maximum Gasteiger partial charge on any atom is 0.317 e. The van der Waals surface area contributed by atoms with E-state index in [0.29, 0.717) is 13.1 Å². The van der Waals surface area contributed by atoms with Crippen molar-refractivity contribution in [2.75, 3.05) is 6.54 Å². The summed E-state index contributed by atoms with van der Waals surface area (Å²) in [6, 6.07) is 4.29. The summed E-state index contributed by atoms with van der Waals surface area (Å²) in [4.78, 5) is 15.2. The highest BCUT2D eigenvalue weighted by molar-refractivity contribution is 7.09. The summed E-state index contributed by atoms with van der Waals surface area (Å²) in [7, 11) is 0. The van der Waals surface area contributed by atoms with E-state index in [0.717, 1.165) is 25.7 Å². The van der Waals surface area contributed by atoms with Gasteiger partial charge in [-0.25, -0.2) is 4.79 Å². The van der Waals surface area contributed by atoms with Crippen LogP contribution in [0, 0.1) is 0 Å². The summed E-state index contributed by atoms with van der Waals surface area (Å²) < 4.78 is 0. The van der Waals surface area contributed by atoms with Gasteiger partial charge < -0.3 is 15.3 Å². The lowest BCUT2D eigenvalue weighted by atomic mass is 9.93. The van der Waals surface area contributed by atoms with Crippen LogP contribution in [0.3, 0.4) is 0 Å². The number of hydrogen-bond acceptors (Lipinski definition) is 3. The average molecular weight is 282 g/mol. The number of thiophene rings is 1. The first-order valence-electron chi connectivity index (χ1n) is 6.95. The largest absolute Gasteiger partial charge is 0.393 e. The fourth-order valence-electron chi connectivity index (χ4n) is 2.40. The number of rotatable bonds is 4. The zero-order chi connectivity index (χ0) is 13.7. The summed E-state index contributed by atoms with van der Waals surface area (Å²) in [5, 5.41) is 14.6. The van der Waals surface area contributed by atoms with E-state index in [4.69, 9.17) is 0 Å². The van der Waals surface area contributed by atoms with Gasteiger partial charge in [-0.2, -0.15) is 0 Å². The second-order valence-corrected chi connectivity index (χ2v) is 6.08. The Morgan fingerprint density at radius 1 is 1.47 bits per heavy atom. The van der Waals surface area contributed by atoms with E-state index in [1.54, 1.807) is 11.3 Å². The van der Waals surface area contributed by atoms with Crippen molar-refractivity contribution >= 4 is 17.4 Å². The molecular formula is C14H22N2O2S. The lowest BCUT2D eigenvalue weighted by molar-refractivity contribution is 0.115. The standard InChI is InChI=1S/C14H22N2O2S/c1-2-16(10-13-4-3-9-19-13)14(18)15-11-5-7-12(17)8-6-11/h3-4,9,11-12,17H,2,5-8,10H2,1H3,(H,15,18). The summed E-state index contributed by atoms with van der Waals surface area (Å²) >= 11 is 1.68. The molecule has 0 radical (unpaired) electrons. The number of nitrogens with zero attached hydrogens (tertiary/aromatic N) is 1. The van der Waals surface area contributed by atoms with Crippen LogP contribution in [0.1, 0.15) is 37.5 Å². The molecule has 2 rings (SSSR count). The van der Waals surface area contributed by atoms with Crippen LogP contribution in [0.15, 0.2) is 17.5 Å². The van der Waals surface area contributed by atoms with Gasteiger partial charge in [0.05, 0.1) is 12.6 Å². The van der Waals surface area contributed by atoms with Gasteiger partial charge in [0.15, 0.2) is 0 Å². The highest BCUT2D eigenvalue weighted by Gasteiger charge is 2.22. The number of carbonyl (C=O) groups is 1. The minimum absolute atomic E-state index is 0.0114. The highest BCUT2D eigenvalue weighted by atomic mass is 32.1. The van der Waals surface area contributed by atoms with Gasteiger partial charge in [-0.1, -0.05) is 6.07 Å². The highest BCUT2D eigenvalue weighted by Crippen LogP contribution is 2.19. The third kappa shape index (κ3) is 4.21. The van der Waals surface area contributed by atoms with Crippen molar-refractivity contribution in [3.05, 3.63) is 22.4 Å². The van der Waals surface area contributed by atoms with Gasteiger partial charge in [-0.05, 0) is 44.1 Å². The van der Waals surface area contributed by atoms with E-state index in [2.05, 4.69) is 11.4 Å². The lowest BCUT2D eigenvalue weighted by Gasteiger charge is -2.29. The molecule has 4 nitrogen and oxygen atoms in total. The molecule has 0 bridgehead atoms. The maximum atomic E-state index is 12.2. The van der Waals surface area contributed by atoms with Crippen molar-refractivity contribution in [2.45, 2.75) is 51.3 Å². The number of carbonyl (C=O) groups excluding carboxylic acids is 1. The molecule has 106 valence electrons. The number of aliphatic hydroxyl groups excluding tert-OH is 1. The van der Waals surface area contributed by atoms with Crippen molar-refractivity contribution in [3.8, 4) is 0 Å². The van der Waals surface area contributed by atoms with Crippen LogP contribution < -0.4 is 5.32 Å². The second-order valence-electron chi connectivity index (χ2n) is 5.05. The summed E-state index contributed by atoms with van der Waals surface area (Å²) in [5.74, 6) is 0. The van der Waals surface area contributed by atoms with Crippen molar-refractivity contribution in [1.82, 2.24) is 10.2 Å². The molecule has 2 amide bonds. The minimum atomic E-state index is -0.179. The minimum Gasteiger partial charge on any atom is -0.393 e. The number of hydrogen-bond donors (Lipinski definition) is 2. The van der Waals surface area contributed by atoms with Crippen molar-refractivity contribution < 1.29 is 9.90 Å². The Bertz CT molecular complexity index is 386. The zero-order valence-corrected chi connectivity index (χ0v) is 12.2.